The fourth-order valence-corrected chi connectivity index (χ4v) is 5.02. The molecule has 1 aromatic rings. The smallest absolute Gasteiger partial charge is 0.276 e. The molecule has 1 aliphatic carbocycles. The maximum atomic E-state index is 14.8. The molecule has 1 aromatic carbocycles. The number of alkyl halides is 2. The van der Waals surface area contributed by atoms with E-state index >= 15 is 0 Å². The van der Waals surface area contributed by atoms with E-state index in [1.54, 1.807) is 0 Å². The predicted octanol–water partition coefficient (Wildman–Crippen LogP) is 4.29. The second-order valence-corrected chi connectivity index (χ2v) is 9.12. The minimum absolute atomic E-state index is 0.109. The van der Waals surface area contributed by atoms with Gasteiger partial charge in [-0.25, -0.2) is 17.6 Å². The van der Waals surface area contributed by atoms with Crippen molar-refractivity contribution < 1.29 is 32.2 Å². The van der Waals surface area contributed by atoms with Crippen molar-refractivity contribution in [2.45, 2.75) is 30.5 Å². The maximum Gasteiger partial charge on any atom is 0.276 e. The van der Waals surface area contributed by atoms with E-state index < -0.39 is 57.9 Å². The fraction of sp³-hybridized carbons (Fsp3) is 0.409. The van der Waals surface area contributed by atoms with Crippen molar-refractivity contribution in [1.29, 1.82) is 0 Å². The molecule has 3 rings (SSSR count). The monoisotopic (exact) mass is 506 g/mol. The molecule has 2 unspecified atom stereocenters. The van der Waals surface area contributed by atoms with Gasteiger partial charge in [-0.1, -0.05) is 23.7 Å². The SMILES string of the molecule is COc1ccc([C@H](NC2=CC(F)=CC3NC(=O)C=CC23)[C@](O)(CSC)C(C)(F)F)c(Cl)c1F. The summed E-state index contributed by atoms with van der Waals surface area (Å²) in [4.78, 5) is 11.7. The fourth-order valence-electron chi connectivity index (χ4n) is 3.89. The Morgan fingerprint density at radius 3 is 2.67 bits per heavy atom. The number of methoxy groups -OCH3 is 1. The first-order valence-corrected chi connectivity index (χ1v) is 11.6. The third-order valence-electron chi connectivity index (χ3n) is 5.66. The van der Waals surface area contributed by atoms with E-state index in [0.29, 0.717) is 6.92 Å². The van der Waals surface area contributed by atoms with Gasteiger partial charge in [0.25, 0.3) is 5.92 Å². The largest absolute Gasteiger partial charge is 0.494 e. The van der Waals surface area contributed by atoms with Crippen LogP contribution >= 0.6 is 23.4 Å². The first-order chi connectivity index (χ1) is 15.4. The summed E-state index contributed by atoms with van der Waals surface area (Å²) in [5.74, 6) is -7.09. The summed E-state index contributed by atoms with van der Waals surface area (Å²) in [6.07, 6.45) is 6.54. The second kappa shape index (κ2) is 9.60. The van der Waals surface area contributed by atoms with Gasteiger partial charge in [-0.05, 0) is 36.1 Å². The van der Waals surface area contributed by atoms with Gasteiger partial charge in [-0.2, -0.15) is 11.8 Å². The first kappa shape index (κ1) is 25.5. The maximum absolute atomic E-state index is 14.8. The molecule has 3 N–H and O–H groups in total. The van der Waals surface area contributed by atoms with E-state index in [2.05, 4.69) is 10.6 Å². The van der Waals surface area contributed by atoms with E-state index in [0.717, 1.165) is 17.8 Å². The van der Waals surface area contributed by atoms with Crippen LogP contribution in [0.2, 0.25) is 5.02 Å². The molecule has 0 bridgehead atoms. The van der Waals surface area contributed by atoms with Crippen molar-refractivity contribution in [2.75, 3.05) is 19.1 Å². The highest BCUT2D eigenvalue weighted by molar-refractivity contribution is 7.98. The number of thioether (sulfide) groups is 1. The van der Waals surface area contributed by atoms with Crippen LogP contribution in [0.15, 0.2) is 48.0 Å². The lowest BCUT2D eigenvalue weighted by atomic mass is 9.82. The van der Waals surface area contributed by atoms with Gasteiger partial charge in [-0.15, -0.1) is 0 Å². The summed E-state index contributed by atoms with van der Waals surface area (Å²) in [6.45, 7) is 0.547. The zero-order chi connectivity index (χ0) is 24.6. The number of halogens is 5. The Morgan fingerprint density at radius 2 is 2.06 bits per heavy atom. The number of fused-ring (bicyclic) bond motifs is 1. The van der Waals surface area contributed by atoms with E-state index in [1.165, 1.54) is 43.7 Å². The van der Waals surface area contributed by atoms with Crippen molar-refractivity contribution in [2.24, 2.45) is 5.92 Å². The molecule has 33 heavy (non-hydrogen) atoms. The minimum atomic E-state index is -3.67. The molecule has 1 amide bonds. The summed E-state index contributed by atoms with van der Waals surface area (Å²) in [7, 11) is 1.22. The average Bonchev–Trinajstić information content (AvgIpc) is 2.73. The third kappa shape index (κ3) is 4.88. The first-order valence-electron chi connectivity index (χ1n) is 9.88. The zero-order valence-corrected chi connectivity index (χ0v) is 19.5. The summed E-state index contributed by atoms with van der Waals surface area (Å²) in [6, 6.07) is 0.0543. The van der Waals surface area contributed by atoms with Gasteiger partial charge >= 0.3 is 0 Å². The molecule has 180 valence electrons. The Morgan fingerprint density at radius 1 is 1.36 bits per heavy atom. The van der Waals surface area contributed by atoms with Crippen molar-refractivity contribution in [3.05, 3.63) is 64.4 Å². The van der Waals surface area contributed by atoms with Crippen molar-refractivity contribution >= 4 is 29.3 Å². The lowest BCUT2D eigenvalue weighted by Gasteiger charge is -2.43. The van der Waals surface area contributed by atoms with E-state index in [-0.39, 0.29) is 17.0 Å². The summed E-state index contributed by atoms with van der Waals surface area (Å²) in [5.41, 5.74) is -2.81. The number of carbonyl (C=O) groups excluding carboxylic acids is 1. The number of benzene rings is 1. The number of carbonyl (C=O) groups is 1. The third-order valence-corrected chi connectivity index (χ3v) is 6.78. The highest BCUT2D eigenvalue weighted by Crippen LogP contribution is 2.45. The molecule has 0 spiro atoms. The van der Waals surface area contributed by atoms with Gasteiger partial charge in [0.1, 0.15) is 5.83 Å². The number of nitrogens with one attached hydrogen (secondary N) is 2. The van der Waals surface area contributed by atoms with Gasteiger partial charge in [0, 0.05) is 24.3 Å². The van der Waals surface area contributed by atoms with Gasteiger partial charge in [0.05, 0.1) is 24.2 Å². The molecule has 0 aromatic heterocycles. The molecule has 4 atom stereocenters. The second-order valence-electron chi connectivity index (χ2n) is 7.88. The number of ether oxygens (including phenoxy) is 1. The number of hydrogen-bond acceptors (Lipinski definition) is 5. The predicted molar refractivity (Wildman–Crippen MR) is 120 cm³/mol. The van der Waals surface area contributed by atoms with Gasteiger partial charge in [0.2, 0.25) is 5.91 Å². The topological polar surface area (TPSA) is 70.6 Å². The lowest BCUT2D eigenvalue weighted by Crippen LogP contribution is -2.58. The Kier molecular flexibility index (Phi) is 7.40. The van der Waals surface area contributed by atoms with E-state index in [1.807, 2.05) is 0 Å². The Hall–Kier alpha value is -2.17. The molecule has 0 radical (unpaired) electrons. The van der Waals surface area contributed by atoms with E-state index in [4.69, 9.17) is 16.3 Å². The summed E-state index contributed by atoms with van der Waals surface area (Å²) < 4.78 is 63.7. The normalized spacial score (nSPS) is 23.0. The van der Waals surface area contributed by atoms with Crippen LogP contribution in [0.4, 0.5) is 17.6 Å². The molecule has 1 heterocycles. The number of amides is 1. The van der Waals surface area contributed by atoms with Crippen LogP contribution in [0.5, 0.6) is 5.75 Å². The Balaban J connectivity index is 2.16. The molecule has 0 saturated heterocycles. The summed E-state index contributed by atoms with van der Waals surface area (Å²) in [5, 5.41) is 16.1. The van der Waals surface area contributed by atoms with Crippen LogP contribution in [0.25, 0.3) is 0 Å². The number of aliphatic hydroxyl groups is 1. The highest BCUT2D eigenvalue weighted by Gasteiger charge is 2.55. The van der Waals surface area contributed by atoms with E-state index in [9.17, 15) is 27.5 Å². The number of rotatable bonds is 8. The van der Waals surface area contributed by atoms with Crippen molar-refractivity contribution in [1.82, 2.24) is 10.6 Å². The Bertz CT molecular complexity index is 1030. The molecular formula is C22H23ClF4N2O3S. The van der Waals surface area contributed by atoms with Crippen molar-refractivity contribution in [3.8, 4) is 5.75 Å². The van der Waals surface area contributed by atoms with Crippen LogP contribution in [-0.2, 0) is 4.79 Å². The van der Waals surface area contributed by atoms with Crippen LogP contribution in [0, 0.1) is 11.7 Å². The van der Waals surface area contributed by atoms with Crippen LogP contribution in [0.1, 0.15) is 18.5 Å². The molecule has 0 fully saturated rings. The molecule has 0 saturated carbocycles. The van der Waals surface area contributed by atoms with Crippen LogP contribution in [-0.4, -0.2) is 47.7 Å². The molecule has 5 nitrogen and oxygen atoms in total. The quantitative estimate of drug-likeness (QED) is 0.459. The standard InChI is InChI=1S/C22H23ClF4N2O3S/c1-21(26,27)22(31,10-33-3)20(13-4-6-16(32-2)19(25)18(13)23)29-15-9-11(24)8-14-12(15)5-7-17(30)28-14/h4-9,12,14,20,29,31H,10H2,1-3H3,(H,28,30)/t12?,14?,20-,22+/m0/s1. The molecule has 2 aliphatic rings. The van der Waals surface area contributed by atoms with Crippen LogP contribution < -0.4 is 15.4 Å². The minimum Gasteiger partial charge on any atom is -0.494 e. The molecular weight excluding hydrogens is 484 g/mol. The van der Waals surface area contributed by atoms with Gasteiger partial charge in [-0.3, -0.25) is 4.79 Å². The number of allylic oxidation sites excluding steroid dienone is 2. The number of hydrogen-bond donors (Lipinski definition) is 3. The average molecular weight is 507 g/mol. The Labute approximate surface area is 197 Å². The summed E-state index contributed by atoms with van der Waals surface area (Å²) >= 11 is 7.15. The highest BCUT2D eigenvalue weighted by atomic mass is 35.5. The van der Waals surface area contributed by atoms with Crippen LogP contribution in [0.3, 0.4) is 0 Å². The van der Waals surface area contributed by atoms with Crippen molar-refractivity contribution in [3.63, 3.8) is 0 Å². The zero-order valence-electron chi connectivity index (χ0n) is 18.0. The van der Waals surface area contributed by atoms with Gasteiger partial charge < -0.3 is 20.5 Å². The molecule has 11 heteroatoms. The van der Waals surface area contributed by atoms with Gasteiger partial charge in [0.15, 0.2) is 17.2 Å². The molecule has 1 aliphatic heterocycles. The lowest BCUT2D eigenvalue weighted by molar-refractivity contribution is -0.172.